The second-order valence-corrected chi connectivity index (χ2v) is 13.7. The van der Waals surface area contributed by atoms with E-state index in [0.29, 0.717) is 47.0 Å². The molecule has 3 nitrogen and oxygen atoms in total. The average Bonchev–Trinajstić information content (AvgIpc) is 3.00. The van der Waals surface area contributed by atoms with Crippen LogP contribution in [0.25, 0.3) is 0 Å². The molecule has 0 heterocycles. The Morgan fingerprint density at radius 1 is 1.03 bits per heavy atom. The molecule has 0 radical (unpaired) electrons. The van der Waals surface area contributed by atoms with Gasteiger partial charge in [0, 0.05) is 6.61 Å². The molecular formula is C30H54O3. The zero-order valence-corrected chi connectivity index (χ0v) is 23.0. The molecule has 3 rings (SSSR count). The van der Waals surface area contributed by atoms with Crippen molar-refractivity contribution in [2.75, 3.05) is 6.61 Å². The fraction of sp³-hybridized carbons (Fsp3) is 0.933. The lowest BCUT2D eigenvalue weighted by Crippen LogP contribution is -2.57. The van der Waals surface area contributed by atoms with Crippen LogP contribution >= 0.6 is 0 Å². The Hall–Kier alpha value is -0.380. The Balaban J connectivity index is 1.85. The number of aliphatic hydroxyl groups excluding tert-OH is 2. The van der Waals surface area contributed by atoms with Gasteiger partial charge in [0.15, 0.2) is 0 Å². The summed E-state index contributed by atoms with van der Waals surface area (Å²) < 4.78 is 0. The molecule has 3 heteroatoms. The van der Waals surface area contributed by atoms with Gasteiger partial charge in [0.1, 0.15) is 0 Å². The largest absolute Gasteiger partial charge is 0.396 e. The van der Waals surface area contributed by atoms with E-state index < -0.39 is 11.7 Å². The highest BCUT2D eigenvalue weighted by atomic mass is 16.3. The highest BCUT2D eigenvalue weighted by molar-refractivity contribution is 5.25. The third-order valence-corrected chi connectivity index (χ3v) is 11.5. The summed E-state index contributed by atoms with van der Waals surface area (Å²) in [6.07, 6.45) is 10.8. The molecule has 0 aromatic rings. The summed E-state index contributed by atoms with van der Waals surface area (Å²) in [5.41, 5.74) is 3.23. The number of aliphatic hydroxyl groups is 3. The van der Waals surface area contributed by atoms with Crippen molar-refractivity contribution in [3.63, 3.8) is 0 Å². The highest BCUT2D eigenvalue weighted by Crippen LogP contribution is 2.74. The van der Waals surface area contributed by atoms with E-state index in [9.17, 15) is 15.3 Å². The maximum Gasteiger partial charge on any atom is 0.0849 e. The second-order valence-electron chi connectivity index (χ2n) is 13.7. The number of hydrogen-bond donors (Lipinski definition) is 3. The summed E-state index contributed by atoms with van der Waals surface area (Å²) in [6.45, 7) is 18.6. The van der Waals surface area contributed by atoms with Crippen LogP contribution < -0.4 is 0 Å². The molecule has 2 unspecified atom stereocenters. The number of hydrogen-bond acceptors (Lipinski definition) is 3. The average molecular weight is 463 g/mol. The van der Waals surface area contributed by atoms with Crippen LogP contribution in [0.1, 0.15) is 120 Å². The van der Waals surface area contributed by atoms with Crippen molar-refractivity contribution in [3.05, 3.63) is 11.1 Å². The quantitative estimate of drug-likeness (QED) is 0.344. The SMILES string of the molecule is CC(C)=C1CCC2[C@@](C)(CC[C@@]3(C)[C@H]([C@@H](C)CC[C@@H](O)C(C)(C)O)CC[C@]23C)C1CCCO. The Kier molecular flexibility index (Phi) is 7.90. The third-order valence-electron chi connectivity index (χ3n) is 11.5. The van der Waals surface area contributed by atoms with Gasteiger partial charge >= 0.3 is 0 Å². The smallest absolute Gasteiger partial charge is 0.0849 e. The Morgan fingerprint density at radius 3 is 2.27 bits per heavy atom. The van der Waals surface area contributed by atoms with Gasteiger partial charge in [0.25, 0.3) is 0 Å². The summed E-state index contributed by atoms with van der Waals surface area (Å²) >= 11 is 0. The number of fused-ring (bicyclic) bond motifs is 3. The minimum atomic E-state index is -1.02. The fourth-order valence-electron chi connectivity index (χ4n) is 9.18. The fourth-order valence-corrected chi connectivity index (χ4v) is 9.18. The highest BCUT2D eigenvalue weighted by Gasteiger charge is 2.66. The summed E-state index contributed by atoms with van der Waals surface area (Å²) in [6, 6.07) is 0. The monoisotopic (exact) mass is 462 g/mol. The minimum absolute atomic E-state index is 0.304. The van der Waals surface area contributed by atoms with Crippen molar-refractivity contribution in [1.29, 1.82) is 0 Å². The van der Waals surface area contributed by atoms with Crippen LogP contribution in [0.4, 0.5) is 0 Å². The van der Waals surface area contributed by atoms with Crippen LogP contribution in [-0.2, 0) is 0 Å². The van der Waals surface area contributed by atoms with E-state index in [1.807, 2.05) is 0 Å². The Morgan fingerprint density at radius 2 is 1.70 bits per heavy atom. The summed E-state index contributed by atoms with van der Waals surface area (Å²) in [5, 5.41) is 30.2. The van der Waals surface area contributed by atoms with Crippen molar-refractivity contribution in [3.8, 4) is 0 Å². The first-order valence-electron chi connectivity index (χ1n) is 13.9. The molecule has 192 valence electrons. The van der Waals surface area contributed by atoms with Gasteiger partial charge in [-0.25, -0.2) is 0 Å². The molecule has 0 spiro atoms. The van der Waals surface area contributed by atoms with Crippen LogP contribution in [0.2, 0.25) is 0 Å². The van der Waals surface area contributed by atoms with Crippen LogP contribution in [0.15, 0.2) is 11.1 Å². The van der Waals surface area contributed by atoms with E-state index in [1.165, 1.54) is 44.1 Å². The van der Waals surface area contributed by atoms with E-state index in [0.717, 1.165) is 25.2 Å². The van der Waals surface area contributed by atoms with Gasteiger partial charge in [0.2, 0.25) is 0 Å². The van der Waals surface area contributed by atoms with Crippen molar-refractivity contribution >= 4 is 0 Å². The van der Waals surface area contributed by atoms with Gasteiger partial charge in [-0.1, -0.05) is 38.8 Å². The molecule has 8 atom stereocenters. The normalized spacial score (nSPS) is 40.8. The minimum Gasteiger partial charge on any atom is -0.396 e. The van der Waals surface area contributed by atoms with Gasteiger partial charge in [-0.3, -0.25) is 0 Å². The van der Waals surface area contributed by atoms with Crippen molar-refractivity contribution < 1.29 is 15.3 Å². The molecule has 3 N–H and O–H groups in total. The predicted molar refractivity (Wildman–Crippen MR) is 138 cm³/mol. The van der Waals surface area contributed by atoms with Crippen molar-refractivity contribution in [2.24, 2.45) is 39.9 Å². The summed E-state index contributed by atoms with van der Waals surface area (Å²) in [7, 11) is 0. The van der Waals surface area contributed by atoms with Crippen LogP contribution in [0.5, 0.6) is 0 Å². The van der Waals surface area contributed by atoms with E-state index >= 15 is 0 Å². The van der Waals surface area contributed by atoms with Gasteiger partial charge in [-0.05, 0) is 132 Å². The van der Waals surface area contributed by atoms with Crippen LogP contribution in [0.3, 0.4) is 0 Å². The van der Waals surface area contributed by atoms with Crippen LogP contribution in [0, 0.1) is 39.9 Å². The molecule has 0 amide bonds. The molecule has 3 aliphatic rings. The molecule has 3 fully saturated rings. The maximum absolute atomic E-state index is 10.4. The van der Waals surface area contributed by atoms with Gasteiger partial charge < -0.3 is 15.3 Å². The maximum atomic E-state index is 10.4. The molecule has 3 aliphatic carbocycles. The zero-order valence-electron chi connectivity index (χ0n) is 23.0. The van der Waals surface area contributed by atoms with Gasteiger partial charge in [0.05, 0.1) is 11.7 Å². The first kappa shape index (κ1) is 27.2. The number of allylic oxidation sites excluding steroid dienone is 2. The van der Waals surface area contributed by atoms with E-state index in [4.69, 9.17) is 0 Å². The summed E-state index contributed by atoms with van der Waals surface area (Å²) in [4.78, 5) is 0. The first-order chi connectivity index (χ1) is 15.2. The molecule has 0 aliphatic heterocycles. The lowest BCUT2D eigenvalue weighted by atomic mass is 9.40. The number of rotatable bonds is 8. The molecule has 0 saturated heterocycles. The van der Waals surface area contributed by atoms with Crippen molar-refractivity contribution in [2.45, 2.75) is 131 Å². The molecule has 33 heavy (non-hydrogen) atoms. The van der Waals surface area contributed by atoms with E-state index in [1.54, 1.807) is 19.4 Å². The van der Waals surface area contributed by atoms with Crippen LogP contribution in [-0.4, -0.2) is 33.6 Å². The Bertz CT molecular complexity index is 717. The van der Waals surface area contributed by atoms with Gasteiger partial charge in [-0.15, -0.1) is 0 Å². The Labute approximate surface area is 204 Å². The molecule has 0 bridgehead atoms. The first-order valence-corrected chi connectivity index (χ1v) is 13.9. The van der Waals surface area contributed by atoms with E-state index in [2.05, 4.69) is 41.5 Å². The molecular weight excluding hydrogens is 408 g/mol. The lowest BCUT2D eigenvalue weighted by molar-refractivity contribution is -0.145. The summed E-state index contributed by atoms with van der Waals surface area (Å²) in [5.74, 6) is 2.63. The predicted octanol–water partition coefficient (Wildman–Crippen LogP) is 6.89. The molecule has 3 saturated carbocycles. The molecule has 0 aromatic carbocycles. The lowest BCUT2D eigenvalue weighted by Gasteiger charge is -2.65. The third kappa shape index (κ3) is 4.60. The van der Waals surface area contributed by atoms with Gasteiger partial charge in [-0.2, -0.15) is 0 Å². The topological polar surface area (TPSA) is 60.7 Å². The van der Waals surface area contributed by atoms with Crippen molar-refractivity contribution in [1.82, 2.24) is 0 Å². The standard InChI is InChI=1S/C30H54O3/c1-20(2)22-12-13-25-28(6,24(22)10-9-19-31)17-18-29(7)23(15-16-30(25,29)8)21(3)11-14-26(32)27(4,5)33/h21,23-26,31-33H,9-19H2,1-8H3/t21-,23-,24?,25?,26+,28-,29-,30+/m0/s1. The molecule has 0 aromatic heterocycles. The second kappa shape index (κ2) is 9.58. The zero-order chi connectivity index (χ0) is 24.8. The van der Waals surface area contributed by atoms with E-state index in [-0.39, 0.29) is 0 Å².